The molecule has 0 bridgehead atoms. The molecule has 1 fully saturated rings. The van der Waals surface area contributed by atoms with E-state index >= 15 is 0 Å². The van der Waals surface area contributed by atoms with E-state index in [4.69, 9.17) is 9.47 Å². The minimum Gasteiger partial charge on any atom is -0.478 e. The summed E-state index contributed by atoms with van der Waals surface area (Å²) in [7, 11) is 0. The number of fused-ring (bicyclic) bond motifs is 3. The van der Waals surface area contributed by atoms with Crippen LogP contribution in [0.4, 0.5) is 0 Å². The first-order chi connectivity index (χ1) is 13.7. The number of allylic oxidation sites excluding steroid dienone is 1. The number of rotatable bonds is 2. The van der Waals surface area contributed by atoms with Gasteiger partial charge in [-0.15, -0.1) is 0 Å². The summed E-state index contributed by atoms with van der Waals surface area (Å²) in [5.41, 5.74) is 3.48. The normalized spacial score (nSPS) is 21.2. The lowest BCUT2D eigenvalue weighted by Crippen LogP contribution is -2.41. The van der Waals surface area contributed by atoms with Crippen LogP contribution in [0.25, 0.3) is 6.08 Å². The molecule has 28 heavy (non-hydrogen) atoms. The van der Waals surface area contributed by atoms with Gasteiger partial charge in [0.15, 0.2) is 5.76 Å². The van der Waals surface area contributed by atoms with Crippen molar-refractivity contribution in [3.63, 3.8) is 0 Å². The zero-order valence-electron chi connectivity index (χ0n) is 16.1. The van der Waals surface area contributed by atoms with Crippen LogP contribution < -0.4 is 9.47 Å². The maximum atomic E-state index is 13.0. The molecular formula is C23H24N2O3. The second kappa shape index (κ2) is 7.06. The predicted molar refractivity (Wildman–Crippen MR) is 106 cm³/mol. The Balaban J connectivity index is 1.49. The van der Waals surface area contributed by atoms with Crippen LogP contribution in [-0.4, -0.2) is 28.4 Å². The van der Waals surface area contributed by atoms with Gasteiger partial charge in [0.2, 0.25) is 5.78 Å². The maximum absolute atomic E-state index is 13.0. The Labute approximate surface area is 165 Å². The van der Waals surface area contributed by atoms with Crippen LogP contribution in [0.3, 0.4) is 0 Å². The van der Waals surface area contributed by atoms with E-state index in [0.717, 1.165) is 29.0 Å². The maximum Gasteiger partial charge on any atom is 0.232 e. The number of hydrogen-bond donors (Lipinski definition) is 0. The summed E-state index contributed by atoms with van der Waals surface area (Å²) < 4.78 is 12.2. The Kier molecular flexibility index (Phi) is 4.40. The van der Waals surface area contributed by atoms with Gasteiger partial charge in [-0.2, -0.15) is 0 Å². The Morgan fingerprint density at radius 2 is 1.96 bits per heavy atom. The highest BCUT2D eigenvalue weighted by Gasteiger charge is 2.36. The van der Waals surface area contributed by atoms with Crippen molar-refractivity contribution < 1.29 is 14.3 Å². The molecule has 3 heterocycles. The quantitative estimate of drug-likeness (QED) is 0.723. The molecule has 144 valence electrons. The van der Waals surface area contributed by atoms with Crippen molar-refractivity contribution in [3.8, 4) is 11.5 Å². The standard InChI is InChI=1S/C23H24N2O3/c1-15-11-19-18(13-25(14-27-19)17-5-3-2-4-6-17)23-21(15)22(26)20(28-23)12-16-7-9-24-10-8-16/h7-12,17H,2-6,13-14H2,1H3/b20-12-. The molecule has 1 aliphatic carbocycles. The van der Waals surface area contributed by atoms with Crippen molar-refractivity contribution in [1.29, 1.82) is 0 Å². The van der Waals surface area contributed by atoms with E-state index in [1.165, 1.54) is 32.1 Å². The number of pyridine rings is 1. The van der Waals surface area contributed by atoms with Gasteiger partial charge in [-0.05, 0) is 55.2 Å². The zero-order chi connectivity index (χ0) is 19.1. The van der Waals surface area contributed by atoms with Crippen LogP contribution in [0.5, 0.6) is 11.5 Å². The second-order valence-electron chi connectivity index (χ2n) is 7.91. The fourth-order valence-corrected chi connectivity index (χ4v) is 4.54. The average Bonchev–Trinajstić information content (AvgIpc) is 3.06. The number of aromatic nitrogens is 1. The summed E-state index contributed by atoms with van der Waals surface area (Å²) in [4.78, 5) is 19.5. The first kappa shape index (κ1) is 17.4. The zero-order valence-corrected chi connectivity index (χ0v) is 16.1. The van der Waals surface area contributed by atoms with Crippen molar-refractivity contribution in [3.05, 3.63) is 58.6 Å². The molecule has 0 atom stereocenters. The Bertz CT molecular complexity index is 946. The molecule has 1 saturated carbocycles. The molecule has 2 aliphatic heterocycles. The number of ketones is 1. The molecule has 0 saturated heterocycles. The van der Waals surface area contributed by atoms with Gasteiger partial charge in [-0.1, -0.05) is 19.3 Å². The molecule has 0 radical (unpaired) electrons. The molecule has 1 aromatic carbocycles. The van der Waals surface area contributed by atoms with Crippen LogP contribution in [0.15, 0.2) is 36.4 Å². The molecule has 3 aliphatic rings. The highest BCUT2D eigenvalue weighted by Crippen LogP contribution is 2.44. The van der Waals surface area contributed by atoms with Crippen molar-refractivity contribution in [2.45, 2.75) is 51.6 Å². The minimum absolute atomic E-state index is 0.0538. The highest BCUT2D eigenvalue weighted by molar-refractivity contribution is 6.15. The molecule has 2 aromatic rings. The SMILES string of the molecule is Cc1cc2c(c3c1C(=O)/C(=C/c1ccncc1)O3)CN(C1CCCCC1)CO2. The van der Waals surface area contributed by atoms with Crippen molar-refractivity contribution >= 4 is 11.9 Å². The van der Waals surface area contributed by atoms with Gasteiger partial charge in [-0.3, -0.25) is 14.7 Å². The summed E-state index contributed by atoms with van der Waals surface area (Å²) >= 11 is 0. The van der Waals surface area contributed by atoms with Gasteiger partial charge in [0, 0.05) is 25.0 Å². The van der Waals surface area contributed by atoms with Crippen LogP contribution in [0, 0.1) is 6.92 Å². The van der Waals surface area contributed by atoms with Crippen LogP contribution in [0.1, 0.15) is 59.2 Å². The first-order valence-electron chi connectivity index (χ1n) is 10.1. The van der Waals surface area contributed by atoms with E-state index < -0.39 is 0 Å². The van der Waals surface area contributed by atoms with E-state index in [1.807, 2.05) is 25.1 Å². The minimum atomic E-state index is -0.0538. The number of benzene rings is 1. The van der Waals surface area contributed by atoms with Gasteiger partial charge in [0.25, 0.3) is 0 Å². The third-order valence-electron chi connectivity index (χ3n) is 6.05. The largest absolute Gasteiger partial charge is 0.478 e. The third kappa shape index (κ3) is 3.00. The van der Waals surface area contributed by atoms with E-state index in [9.17, 15) is 4.79 Å². The topological polar surface area (TPSA) is 51.7 Å². The molecule has 0 spiro atoms. The molecule has 5 rings (SSSR count). The van der Waals surface area contributed by atoms with Gasteiger partial charge in [-0.25, -0.2) is 0 Å². The van der Waals surface area contributed by atoms with Gasteiger partial charge >= 0.3 is 0 Å². The summed E-state index contributed by atoms with van der Waals surface area (Å²) in [5.74, 6) is 1.84. The number of aryl methyl sites for hydroxylation is 1. The number of hydrogen-bond acceptors (Lipinski definition) is 5. The van der Waals surface area contributed by atoms with E-state index in [2.05, 4.69) is 9.88 Å². The second-order valence-corrected chi connectivity index (χ2v) is 7.91. The van der Waals surface area contributed by atoms with E-state index in [1.54, 1.807) is 18.5 Å². The number of Topliss-reactive ketones (excluding diaryl/α,β-unsaturated/α-hetero) is 1. The third-order valence-corrected chi connectivity index (χ3v) is 6.05. The highest BCUT2D eigenvalue weighted by atomic mass is 16.5. The van der Waals surface area contributed by atoms with Gasteiger partial charge in [0.1, 0.15) is 18.2 Å². The van der Waals surface area contributed by atoms with Gasteiger partial charge < -0.3 is 9.47 Å². The van der Waals surface area contributed by atoms with Crippen LogP contribution in [-0.2, 0) is 6.54 Å². The van der Waals surface area contributed by atoms with E-state index in [0.29, 0.717) is 29.8 Å². The molecule has 5 nitrogen and oxygen atoms in total. The number of nitrogens with zero attached hydrogens (tertiary/aromatic N) is 2. The fraction of sp³-hybridized carbons (Fsp3) is 0.391. The van der Waals surface area contributed by atoms with Crippen molar-refractivity contribution in [2.24, 2.45) is 0 Å². The monoisotopic (exact) mass is 376 g/mol. The Morgan fingerprint density at radius 3 is 2.75 bits per heavy atom. The summed E-state index contributed by atoms with van der Waals surface area (Å²) in [6.45, 7) is 3.34. The number of ether oxygens (including phenoxy) is 2. The predicted octanol–water partition coefficient (Wildman–Crippen LogP) is 4.49. The first-order valence-corrected chi connectivity index (χ1v) is 10.1. The summed E-state index contributed by atoms with van der Waals surface area (Å²) in [6, 6.07) is 6.28. The van der Waals surface area contributed by atoms with Crippen LogP contribution >= 0.6 is 0 Å². The smallest absolute Gasteiger partial charge is 0.232 e. The molecule has 5 heteroatoms. The lowest BCUT2D eigenvalue weighted by molar-refractivity contribution is 0.0393. The molecule has 0 unspecified atom stereocenters. The fourth-order valence-electron chi connectivity index (χ4n) is 4.54. The van der Waals surface area contributed by atoms with E-state index in [-0.39, 0.29) is 5.78 Å². The molecule has 0 N–H and O–H groups in total. The number of carbonyl (C=O) groups excluding carboxylic acids is 1. The molecule has 1 aromatic heterocycles. The Morgan fingerprint density at radius 1 is 1.18 bits per heavy atom. The lowest BCUT2D eigenvalue weighted by atomic mass is 9.93. The van der Waals surface area contributed by atoms with Crippen LogP contribution in [0.2, 0.25) is 0 Å². The molecular weight excluding hydrogens is 352 g/mol. The van der Waals surface area contributed by atoms with Crippen molar-refractivity contribution in [2.75, 3.05) is 6.73 Å². The lowest BCUT2D eigenvalue weighted by Gasteiger charge is -2.37. The van der Waals surface area contributed by atoms with Crippen molar-refractivity contribution in [1.82, 2.24) is 9.88 Å². The summed E-state index contributed by atoms with van der Waals surface area (Å²) in [5, 5.41) is 0. The molecule has 0 amide bonds. The summed E-state index contributed by atoms with van der Waals surface area (Å²) in [6.07, 6.45) is 11.6. The Hall–Kier alpha value is -2.66. The number of carbonyl (C=O) groups is 1. The van der Waals surface area contributed by atoms with Gasteiger partial charge in [0.05, 0.1) is 11.1 Å². The average molecular weight is 376 g/mol.